The van der Waals surface area contributed by atoms with E-state index < -0.39 is 0 Å². The van der Waals surface area contributed by atoms with Crippen molar-refractivity contribution < 1.29 is 14.3 Å². The van der Waals surface area contributed by atoms with Gasteiger partial charge >= 0.3 is 0 Å². The van der Waals surface area contributed by atoms with Crippen LogP contribution in [-0.2, 0) is 0 Å². The molecular formula is C16H21ClO3. The molecule has 0 spiro atoms. The largest absolute Gasteiger partial charge is 0.490 e. The van der Waals surface area contributed by atoms with E-state index in [1.165, 1.54) is 6.42 Å². The van der Waals surface area contributed by atoms with E-state index >= 15 is 0 Å². The Hall–Kier alpha value is -1.22. The summed E-state index contributed by atoms with van der Waals surface area (Å²) in [6.45, 7) is 4.86. The van der Waals surface area contributed by atoms with Crippen LogP contribution in [0.15, 0.2) is 12.1 Å². The fourth-order valence-corrected chi connectivity index (χ4v) is 2.61. The Morgan fingerprint density at radius 2 is 1.80 bits per heavy atom. The lowest BCUT2D eigenvalue weighted by Crippen LogP contribution is -2.16. The van der Waals surface area contributed by atoms with Gasteiger partial charge in [-0.1, -0.05) is 30.9 Å². The zero-order chi connectivity index (χ0) is 14.5. The summed E-state index contributed by atoms with van der Waals surface area (Å²) in [7, 11) is 0. The Balaban J connectivity index is 2.22. The molecule has 0 aromatic heterocycles. The van der Waals surface area contributed by atoms with Gasteiger partial charge in [0.1, 0.15) is 0 Å². The molecule has 0 saturated heterocycles. The van der Waals surface area contributed by atoms with Crippen molar-refractivity contribution in [3.63, 3.8) is 0 Å². The van der Waals surface area contributed by atoms with Gasteiger partial charge in [0.2, 0.25) is 0 Å². The molecule has 2 rings (SSSR count). The maximum atomic E-state index is 12.3. The molecule has 0 aliphatic heterocycles. The van der Waals surface area contributed by atoms with E-state index in [-0.39, 0.29) is 5.78 Å². The molecule has 0 unspecified atom stereocenters. The highest BCUT2D eigenvalue weighted by molar-refractivity contribution is 6.34. The van der Waals surface area contributed by atoms with Crippen molar-refractivity contribution in [1.29, 1.82) is 0 Å². The molecule has 4 heteroatoms. The van der Waals surface area contributed by atoms with E-state index in [1.54, 1.807) is 12.1 Å². The van der Waals surface area contributed by atoms with Gasteiger partial charge in [-0.2, -0.15) is 0 Å². The lowest BCUT2D eigenvalue weighted by molar-refractivity contribution is 0.0936. The van der Waals surface area contributed by atoms with Gasteiger partial charge < -0.3 is 9.47 Å². The van der Waals surface area contributed by atoms with Crippen LogP contribution in [-0.4, -0.2) is 19.0 Å². The molecule has 1 fully saturated rings. The van der Waals surface area contributed by atoms with E-state index in [0.29, 0.717) is 47.6 Å². The molecule has 0 heterocycles. The average Bonchev–Trinajstić information content (AvgIpc) is 2.37. The first-order valence-corrected chi connectivity index (χ1v) is 7.65. The van der Waals surface area contributed by atoms with Crippen molar-refractivity contribution in [2.45, 2.75) is 39.5 Å². The third-order valence-corrected chi connectivity index (χ3v) is 3.95. The highest BCUT2D eigenvalue weighted by Crippen LogP contribution is 2.36. The van der Waals surface area contributed by atoms with E-state index in [4.69, 9.17) is 21.1 Å². The number of benzene rings is 1. The molecule has 3 nitrogen and oxygen atoms in total. The van der Waals surface area contributed by atoms with Crippen LogP contribution in [0.4, 0.5) is 0 Å². The monoisotopic (exact) mass is 296 g/mol. The number of rotatable bonds is 7. The Morgan fingerprint density at radius 3 is 2.30 bits per heavy atom. The maximum absolute atomic E-state index is 12.3. The molecule has 110 valence electrons. The number of ketones is 1. The van der Waals surface area contributed by atoms with Crippen LogP contribution in [0.25, 0.3) is 0 Å². The van der Waals surface area contributed by atoms with Gasteiger partial charge in [0, 0.05) is 18.1 Å². The fourth-order valence-electron chi connectivity index (χ4n) is 2.35. The Labute approximate surface area is 125 Å². The van der Waals surface area contributed by atoms with Crippen molar-refractivity contribution in [1.82, 2.24) is 0 Å². The van der Waals surface area contributed by atoms with Crippen LogP contribution >= 0.6 is 11.6 Å². The van der Waals surface area contributed by atoms with Gasteiger partial charge in [0.05, 0.1) is 18.2 Å². The smallest absolute Gasteiger partial charge is 0.164 e. The quantitative estimate of drug-likeness (QED) is 0.694. The number of Topliss-reactive ketones (excluding diaryl/α,β-unsaturated/α-hetero) is 1. The molecule has 0 bridgehead atoms. The molecule has 0 N–H and O–H groups in total. The van der Waals surface area contributed by atoms with Crippen LogP contribution in [0.1, 0.15) is 49.9 Å². The maximum Gasteiger partial charge on any atom is 0.164 e. The summed E-state index contributed by atoms with van der Waals surface area (Å²) in [5.74, 6) is 1.82. The minimum Gasteiger partial charge on any atom is -0.490 e. The summed E-state index contributed by atoms with van der Waals surface area (Å²) in [6.07, 6.45) is 4.12. The van der Waals surface area contributed by atoms with E-state index in [9.17, 15) is 4.79 Å². The van der Waals surface area contributed by atoms with Gasteiger partial charge in [-0.05, 0) is 25.8 Å². The van der Waals surface area contributed by atoms with Crippen molar-refractivity contribution >= 4 is 17.4 Å². The fraction of sp³-hybridized carbons (Fsp3) is 0.562. The topological polar surface area (TPSA) is 35.5 Å². The molecule has 1 aliphatic carbocycles. The molecule has 0 radical (unpaired) electrons. The van der Waals surface area contributed by atoms with Crippen LogP contribution in [0.5, 0.6) is 11.5 Å². The van der Waals surface area contributed by atoms with Gasteiger partial charge in [0.25, 0.3) is 0 Å². The lowest BCUT2D eigenvalue weighted by Gasteiger charge is -2.24. The first-order valence-electron chi connectivity index (χ1n) is 7.28. The summed E-state index contributed by atoms with van der Waals surface area (Å²) >= 11 is 6.22. The molecule has 0 atom stereocenters. The van der Waals surface area contributed by atoms with Crippen LogP contribution in [0, 0.1) is 5.92 Å². The summed E-state index contributed by atoms with van der Waals surface area (Å²) in [6, 6.07) is 3.40. The molecule has 1 aromatic carbocycles. The highest BCUT2D eigenvalue weighted by Gasteiger charge is 2.23. The summed E-state index contributed by atoms with van der Waals surface area (Å²) in [5.41, 5.74) is 0.547. The second-order valence-corrected chi connectivity index (χ2v) is 5.48. The Kier molecular flexibility index (Phi) is 5.30. The number of carbonyl (C=O) groups excluding carboxylic acids is 1. The van der Waals surface area contributed by atoms with E-state index in [2.05, 4.69) is 0 Å². The van der Waals surface area contributed by atoms with Crippen molar-refractivity contribution in [3.05, 3.63) is 22.7 Å². The third-order valence-electron chi connectivity index (χ3n) is 3.63. The summed E-state index contributed by atoms with van der Waals surface area (Å²) in [4.78, 5) is 12.3. The first-order chi connectivity index (χ1) is 9.65. The van der Waals surface area contributed by atoms with E-state index in [0.717, 1.165) is 12.8 Å². The SMILES string of the molecule is CCOc1cc(Cl)c(C(=O)CC2CCC2)cc1OCC. The van der Waals surface area contributed by atoms with Gasteiger partial charge in [-0.3, -0.25) is 4.79 Å². The predicted molar refractivity (Wildman–Crippen MR) is 80.1 cm³/mol. The molecular weight excluding hydrogens is 276 g/mol. The number of carbonyl (C=O) groups is 1. The molecule has 0 amide bonds. The van der Waals surface area contributed by atoms with Crippen molar-refractivity contribution in [2.75, 3.05) is 13.2 Å². The number of hydrogen-bond donors (Lipinski definition) is 0. The lowest BCUT2D eigenvalue weighted by atomic mass is 9.81. The zero-order valence-corrected chi connectivity index (χ0v) is 12.8. The first kappa shape index (κ1) is 15.2. The number of halogens is 1. The normalized spacial score (nSPS) is 14.8. The van der Waals surface area contributed by atoms with Crippen LogP contribution < -0.4 is 9.47 Å². The Morgan fingerprint density at radius 1 is 1.20 bits per heavy atom. The highest BCUT2D eigenvalue weighted by atomic mass is 35.5. The molecule has 1 aromatic rings. The zero-order valence-electron chi connectivity index (χ0n) is 12.1. The number of ether oxygens (including phenoxy) is 2. The summed E-state index contributed by atoms with van der Waals surface area (Å²) in [5, 5.41) is 0.446. The minimum atomic E-state index is 0.101. The van der Waals surface area contributed by atoms with Gasteiger partial charge in [0.15, 0.2) is 17.3 Å². The van der Waals surface area contributed by atoms with E-state index in [1.807, 2.05) is 13.8 Å². The number of hydrogen-bond acceptors (Lipinski definition) is 3. The molecule has 1 aliphatic rings. The Bertz CT molecular complexity index is 481. The van der Waals surface area contributed by atoms with Crippen LogP contribution in [0.2, 0.25) is 5.02 Å². The van der Waals surface area contributed by atoms with Gasteiger partial charge in [-0.15, -0.1) is 0 Å². The van der Waals surface area contributed by atoms with Gasteiger partial charge in [-0.25, -0.2) is 0 Å². The van der Waals surface area contributed by atoms with Crippen molar-refractivity contribution in [3.8, 4) is 11.5 Å². The van der Waals surface area contributed by atoms with Crippen molar-refractivity contribution in [2.24, 2.45) is 5.92 Å². The molecule has 1 saturated carbocycles. The average molecular weight is 297 g/mol. The predicted octanol–water partition coefficient (Wildman–Crippen LogP) is 4.51. The third kappa shape index (κ3) is 3.45. The van der Waals surface area contributed by atoms with Crippen LogP contribution in [0.3, 0.4) is 0 Å². The molecule has 20 heavy (non-hydrogen) atoms. The summed E-state index contributed by atoms with van der Waals surface area (Å²) < 4.78 is 11.0. The standard InChI is InChI=1S/C16H21ClO3/c1-3-19-15-9-12(13(17)10-16(15)20-4-2)14(18)8-11-6-5-7-11/h9-11H,3-8H2,1-2H3. The second-order valence-electron chi connectivity index (χ2n) is 5.07. The minimum absolute atomic E-state index is 0.101. The second kappa shape index (κ2) is 6.98.